The molecule has 8 unspecified atom stereocenters. The van der Waals surface area contributed by atoms with E-state index in [1.807, 2.05) is 27.7 Å². The lowest BCUT2D eigenvalue weighted by Crippen LogP contribution is -2.54. The van der Waals surface area contributed by atoms with Crippen LogP contribution < -0.4 is 0 Å². The summed E-state index contributed by atoms with van der Waals surface area (Å²) in [5, 5.41) is 30.3. The molecule has 0 aromatic rings. The highest BCUT2D eigenvalue weighted by atomic mass is 16.5. The van der Waals surface area contributed by atoms with Gasteiger partial charge in [-0.2, -0.15) is 0 Å². The van der Waals surface area contributed by atoms with Gasteiger partial charge in [-0.05, 0) is 112 Å². The Kier molecular flexibility index (Phi) is 9.37. The quantitative estimate of drug-likeness (QED) is 0.284. The molecule has 0 bridgehead atoms. The monoisotopic (exact) mass is 478 g/mol. The van der Waals surface area contributed by atoms with E-state index in [0.29, 0.717) is 17.9 Å². The Balaban J connectivity index is 0.00000158. The molecule has 0 radical (unpaired) electrons. The molecule has 3 fully saturated rings. The second kappa shape index (κ2) is 11.3. The van der Waals surface area contributed by atoms with Gasteiger partial charge in [0.15, 0.2) is 0 Å². The lowest BCUT2D eigenvalue weighted by Gasteiger charge is -2.59. The number of hydrogen-bond acceptors (Lipinski definition) is 4. The minimum atomic E-state index is -0.533. The molecule has 0 saturated heterocycles. The molecule has 8 atom stereocenters. The van der Waals surface area contributed by atoms with E-state index in [0.717, 1.165) is 49.9 Å². The van der Waals surface area contributed by atoms with Crippen molar-refractivity contribution in [1.82, 2.24) is 0 Å². The van der Waals surface area contributed by atoms with E-state index < -0.39 is 11.7 Å². The van der Waals surface area contributed by atoms with Crippen molar-refractivity contribution in [3.8, 4) is 0 Å². The van der Waals surface area contributed by atoms with Crippen molar-refractivity contribution in [3.63, 3.8) is 0 Å². The van der Waals surface area contributed by atoms with Gasteiger partial charge in [-0.1, -0.05) is 46.6 Å². The number of fused-ring (bicyclic) bond motifs is 5. The van der Waals surface area contributed by atoms with Crippen molar-refractivity contribution in [2.24, 2.45) is 34.5 Å². The summed E-state index contributed by atoms with van der Waals surface area (Å²) < 4.78 is 5.79. The number of hydrogen-bond donors (Lipinski definition) is 3. The molecular formula is C30H54O4. The van der Waals surface area contributed by atoms with E-state index in [2.05, 4.69) is 19.9 Å². The van der Waals surface area contributed by atoms with Crippen LogP contribution in [-0.4, -0.2) is 46.3 Å². The first-order chi connectivity index (χ1) is 16.1. The smallest absolute Gasteiger partial charge is 0.102 e. The van der Waals surface area contributed by atoms with Crippen LogP contribution in [0.25, 0.3) is 0 Å². The second-order valence-corrected chi connectivity index (χ2v) is 12.7. The number of ether oxygens (including phenoxy) is 1. The van der Waals surface area contributed by atoms with Gasteiger partial charge in [-0.15, -0.1) is 0 Å². The van der Waals surface area contributed by atoms with Gasteiger partial charge in [0.05, 0.1) is 24.9 Å². The first kappa shape index (κ1) is 28.2. The molecule has 3 N–H and O–H groups in total. The van der Waals surface area contributed by atoms with Gasteiger partial charge in [-0.25, -0.2) is 0 Å². The standard InChI is InChI=1S/C28H48O4.C2H6/c1-26(2,31)14-6-5-7-19-8-10-21-20-9-11-23-25(30)24(32-18-17-29)13-16-28(23,4)22(20)12-15-27(19,21)3;1-2/h11,19-22,24-25,29-31H,5-10,12-18H2,1-4H3;1-2H3. The van der Waals surface area contributed by atoms with Crippen molar-refractivity contribution in [2.75, 3.05) is 13.2 Å². The summed E-state index contributed by atoms with van der Waals surface area (Å²) in [5.41, 5.74) is 1.28. The average molecular weight is 479 g/mol. The second-order valence-electron chi connectivity index (χ2n) is 12.7. The summed E-state index contributed by atoms with van der Waals surface area (Å²) in [5.74, 6) is 3.09. The molecule has 0 spiro atoms. The Morgan fingerprint density at radius 2 is 1.76 bits per heavy atom. The van der Waals surface area contributed by atoms with Crippen LogP contribution in [0.4, 0.5) is 0 Å². The summed E-state index contributed by atoms with van der Waals surface area (Å²) in [7, 11) is 0. The third-order valence-electron chi connectivity index (χ3n) is 10.4. The predicted molar refractivity (Wildman–Crippen MR) is 140 cm³/mol. The zero-order valence-corrected chi connectivity index (χ0v) is 23.0. The molecule has 0 aromatic heterocycles. The summed E-state index contributed by atoms with van der Waals surface area (Å²) >= 11 is 0. The van der Waals surface area contributed by atoms with Crippen LogP contribution in [0.2, 0.25) is 0 Å². The number of aliphatic hydroxyl groups is 3. The van der Waals surface area contributed by atoms with Crippen molar-refractivity contribution < 1.29 is 20.1 Å². The van der Waals surface area contributed by atoms with Gasteiger partial charge in [0.1, 0.15) is 6.10 Å². The maximum Gasteiger partial charge on any atom is 0.102 e. The van der Waals surface area contributed by atoms with E-state index >= 15 is 0 Å². The SMILES string of the molecule is CC.CC(C)(O)CCCCC1CCC2C3CC=C4C(O)C(OCCO)CCC4(C)C3CCC12C. The van der Waals surface area contributed by atoms with Crippen LogP contribution in [0.15, 0.2) is 11.6 Å². The molecule has 4 aliphatic rings. The minimum Gasteiger partial charge on any atom is -0.394 e. The van der Waals surface area contributed by atoms with E-state index in [4.69, 9.17) is 9.84 Å². The number of aliphatic hydroxyl groups excluding tert-OH is 2. The molecule has 0 aromatic carbocycles. The fourth-order valence-corrected chi connectivity index (χ4v) is 8.62. The number of unbranched alkanes of at least 4 members (excludes halogenated alkanes) is 1. The Morgan fingerprint density at radius 1 is 1.03 bits per heavy atom. The van der Waals surface area contributed by atoms with Gasteiger partial charge in [0.25, 0.3) is 0 Å². The zero-order chi connectivity index (χ0) is 25.1. The van der Waals surface area contributed by atoms with E-state index in [1.54, 1.807) is 0 Å². The predicted octanol–water partition coefficient (Wildman–Crippen LogP) is 6.27. The first-order valence-electron chi connectivity index (χ1n) is 14.4. The van der Waals surface area contributed by atoms with Crippen LogP contribution in [0, 0.1) is 34.5 Å². The molecule has 0 heterocycles. The molecule has 34 heavy (non-hydrogen) atoms. The van der Waals surface area contributed by atoms with Gasteiger partial charge >= 0.3 is 0 Å². The molecular weight excluding hydrogens is 424 g/mol. The zero-order valence-electron chi connectivity index (χ0n) is 23.0. The van der Waals surface area contributed by atoms with Gasteiger partial charge in [-0.3, -0.25) is 0 Å². The highest BCUT2D eigenvalue weighted by Gasteiger charge is 2.59. The molecule has 4 rings (SSSR count). The Hall–Kier alpha value is -0.420. The van der Waals surface area contributed by atoms with E-state index in [-0.39, 0.29) is 18.1 Å². The maximum atomic E-state index is 11.1. The van der Waals surface area contributed by atoms with E-state index in [9.17, 15) is 10.2 Å². The van der Waals surface area contributed by atoms with E-state index in [1.165, 1.54) is 44.1 Å². The van der Waals surface area contributed by atoms with Crippen LogP contribution in [0.1, 0.15) is 112 Å². The van der Waals surface area contributed by atoms with Crippen LogP contribution in [0.5, 0.6) is 0 Å². The molecule has 4 heteroatoms. The minimum absolute atomic E-state index is 0.0173. The summed E-state index contributed by atoms with van der Waals surface area (Å²) in [6.45, 7) is 13.2. The maximum absolute atomic E-state index is 11.1. The van der Waals surface area contributed by atoms with Crippen molar-refractivity contribution in [3.05, 3.63) is 11.6 Å². The van der Waals surface area contributed by atoms with Gasteiger partial charge in [0, 0.05) is 0 Å². The van der Waals surface area contributed by atoms with Crippen LogP contribution >= 0.6 is 0 Å². The van der Waals surface area contributed by atoms with Crippen molar-refractivity contribution >= 4 is 0 Å². The molecule has 0 aliphatic heterocycles. The number of allylic oxidation sites excluding steroid dienone is 1. The fraction of sp³-hybridized carbons (Fsp3) is 0.933. The Bertz CT molecular complexity index is 682. The Morgan fingerprint density at radius 3 is 2.44 bits per heavy atom. The summed E-state index contributed by atoms with van der Waals surface area (Å²) in [6, 6.07) is 0. The average Bonchev–Trinajstić information content (AvgIpc) is 3.13. The molecule has 0 amide bonds. The Labute approximate surface area is 209 Å². The van der Waals surface area contributed by atoms with Crippen molar-refractivity contribution in [2.45, 2.75) is 130 Å². The molecule has 3 saturated carbocycles. The third kappa shape index (κ3) is 5.45. The lowest BCUT2D eigenvalue weighted by atomic mass is 9.47. The highest BCUT2D eigenvalue weighted by molar-refractivity contribution is 5.29. The molecule has 4 aliphatic carbocycles. The lowest BCUT2D eigenvalue weighted by molar-refractivity contribution is -0.0981. The largest absolute Gasteiger partial charge is 0.394 e. The van der Waals surface area contributed by atoms with Gasteiger partial charge in [0.2, 0.25) is 0 Å². The summed E-state index contributed by atoms with van der Waals surface area (Å²) in [4.78, 5) is 0. The molecule has 198 valence electrons. The van der Waals surface area contributed by atoms with Crippen LogP contribution in [-0.2, 0) is 4.74 Å². The van der Waals surface area contributed by atoms with Gasteiger partial charge < -0.3 is 20.1 Å². The third-order valence-corrected chi connectivity index (χ3v) is 10.4. The van der Waals surface area contributed by atoms with Crippen molar-refractivity contribution in [1.29, 1.82) is 0 Å². The normalized spacial score (nSPS) is 41.5. The topological polar surface area (TPSA) is 69.9 Å². The number of rotatable bonds is 8. The molecule has 4 nitrogen and oxygen atoms in total. The fourth-order valence-electron chi connectivity index (χ4n) is 8.62. The summed E-state index contributed by atoms with van der Waals surface area (Å²) in [6.07, 6.45) is 14.8. The van der Waals surface area contributed by atoms with Crippen LogP contribution in [0.3, 0.4) is 0 Å². The first-order valence-corrected chi connectivity index (χ1v) is 14.4. The highest BCUT2D eigenvalue weighted by Crippen LogP contribution is 2.66.